The largest absolute Gasteiger partial charge is 0.497 e. The molecule has 1 N–H and O–H groups in total. The van der Waals surface area contributed by atoms with Gasteiger partial charge in [-0.3, -0.25) is 13.9 Å². The van der Waals surface area contributed by atoms with Crippen LogP contribution in [0.15, 0.2) is 42.5 Å². The summed E-state index contributed by atoms with van der Waals surface area (Å²) in [6, 6.07) is 11.7. The number of carbonyl (C=O) groups excluding carboxylic acids is 2. The van der Waals surface area contributed by atoms with Crippen LogP contribution in [0.5, 0.6) is 5.75 Å². The Morgan fingerprint density at radius 3 is 2.43 bits per heavy atom. The van der Waals surface area contributed by atoms with Crippen molar-refractivity contribution in [3.05, 3.63) is 58.6 Å². The third kappa shape index (κ3) is 8.64. The number of anilines is 1. The van der Waals surface area contributed by atoms with E-state index < -0.39 is 16.1 Å². The van der Waals surface area contributed by atoms with E-state index in [9.17, 15) is 18.0 Å². The number of benzene rings is 2. The number of nitrogens with one attached hydrogen (secondary N) is 1. The predicted molar refractivity (Wildman–Crippen MR) is 149 cm³/mol. The Kier molecular flexibility index (Phi) is 11.3. The summed E-state index contributed by atoms with van der Waals surface area (Å²) in [5.41, 5.74) is 1.95. The molecule has 0 aliphatic heterocycles. The molecule has 0 radical (unpaired) electrons. The predicted octanol–water partition coefficient (Wildman–Crippen LogP) is 4.54. The summed E-state index contributed by atoms with van der Waals surface area (Å²) in [5.74, 6) is 0.172. The zero-order chi connectivity index (χ0) is 27.8. The molecule has 2 rings (SSSR count). The highest BCUT2D eigenvalue weighted by atomic mass is 35.5. The van der Waals surface area contributed by atoms with Crippen LogP contribution in [0.1, 0.15) is 51.2 Å². The minimum Gasteiger partial charge on any atom is -0.497 e. The molecular weight excluding hydrogens is 514 g/mol. The molecule has 0 aliphatic rings. The second kappa shape index (κ2) is 13.7. The van der Waals surface area contributed by atoms with E-state index in [4.69, 9.17) is 16.3 Å². The number of nitrogens with zero attached hydrogens (tertiary/aromatic N) is 2. The Morgan fingerprint density at radius 2 is 1.81 bits per heavy atom. The highest BCUT2D eigenvalue weighted by Gasteiger charge is 2.27. The molecule has 2 amide bonds. The topological polar surface area (TPSA) is 96.0 Å². The first kappa shape index (κ1) is 30.4. The summed E-state index contributed by atoms with van der Waals surface area (Å²) in [4.78, 5) is 27.9. The molecule has 37 heavy (non-hydrogen) atoms. The van der Waals surface area contributed by atoms with Gasteiger partial charge in [-0.05, 0) is 69.0 Å². The van der Waals surface area contributed by atoms with Gasteiger partial charge in [0, 0.05) is 30.6 Å². The zero-order valence-electron chi connectivity index (χ0n) is 22.5. The molecule has 2 atom stereocenters. The molecule has 0 heterocycles. The highest BCUT2D eigenvalue weighted by molar-refractivity contribution is 7.92. The zero-order valence-corrected chi connectivity index (χ0v) is 24.0. The fourth-order valence-corrected chi connectivity index (χ4v) is 5.05. The molecule has 0 saturated heterocycles. The van der Waals surface area contributed by atoms with Crippen LogP contribution in [0.25, 0.3) is 0 Å². The van der Waals surface area contributed by atoms with Crippen molar-refractivity contribution in [2.45, 2.75) is 65.6 Å². The smallest absolute Gasteiger partial charge is 0.242 e. The lowest BCUT2D eigenvalue weighted by atomic mass is 10.1. The minimum atomic E-state index is -3.61. The van der Waals surface area contributed by atoms with Gasteiger partial charge >= 0.3 is 0 Å². The first-order valence-corrected chi connectivity index (χ1v) is 14.6. The number of carbonyl (C=O) groups is 2. The van der Waals surface area contributed by atoms with E-state index in [0.717, 1.165) is 18.2 Å². The molecule has 0 aromatic heterocycles. The molecule has 0 bridgehead atoms. The Labute approximate surface area is 226 Å². The lowest BCUT2D eigenvalue weighted by Gasteiger charge is -2.30. The average molecular weight is 552 g/mol. The number of amides is 2. The van der Waals surface area contributed by atoms with Crippen molar-refractivity contribution in [1.29, 1.82) is 0 Å². The number of hydrogen-bond donors (Lipinski definition) is 1. The van der Waals surface area contributed by atoms with Crippen LogP contribution < -0.4 is 14.4 Å². The molecule has 2 aromatic carbocycles. The van der Waals surface area contributed by atoms with Crippen LogP contribution in [0, 0.1) is 6.92 Å². The number of ether oxygens (including phenoxy) is 1. The van der Waals surface area contributed by atoms with Gasteiger partial charge in [-0.15, -0.1) is 0 Å². The van der Waals surface area contributed by atoms with E-state index in [1.54, 1.807) is 39.2 Å². The van der Waals surface area contributed by atoms with E-state index >= 15 is 0 Å². The van der Waals surface area contributed by atoms with Gasteiger partial charge in [0.25, 0.3) is 0 Å². The first-order chi connectivity index (χ1) is 17.4. The highest BCUT2D eigenvalue weighted by Crippen LogP contribution is 2.28. The van der Waals surface area contributed by atoms with Gasteiger partial charge in [0.15, 0.2) is 0 Å². The molecule has 10 heteroatoms. The Balaban J connectivity index is 2.23. The van der Waals surface area contributed by atoms with E-state index in [-0.39, 0.29) is 43.8 Å². The van der Waals surface area contributed by atoms with Crippen molar-refractivity contribution in [3.8, 4) is 5.75 Å². The van der Waals surface area contributed by atoms with E-state index in [1.807, 2.05) is 38.1 Å². The Hall–Kier alpha value is -2.78. The van der Waals surface area contributed by atoms with Gasteiger partial charge < -0.3 is 15.0 Å². The van der Waals surface area contributed by atoms with E-state index in [1.165, 1.54) is 9.21 Å². The van der Waals surface area contributed by atoms with Crippen LogP contribution in [0.2, 0.25) is 5.02 Å². The van der Waals surface area contributed by atoms with Gasteiger partial charge in [0.05, 0.1) is 19.1 Å². The molecular formula is C27H38ClN3O5S. The lowest BCUT2D eigenvalue weighted by Crippen LogP contribution is -2.49. The van der Waals surface area contributed by atoms with Crippen LogP contribution in [-0.2, 0) is 26.2 Å². The van der Waals surface area contributed by atoms with Crippen molar-refractivity contribution < 1.29 is 22.7 Å². The average Bonchev–Trinajstić information content (AvgIpc) is 2.85. The summed E-state index contributed by atoms with van der Waals surface area (Å²) < 4.78 is 31.7. The molecule has 204 valence electrons. The fourth-order valence-electron chi connectivity index (χ4n) is 3.86. The second-order valence-corrected chi connectivity index (χ2v) is 11.5. The normalized spacial score (nSPS) is 12.9. The van der Waals surface area contributed by atoms with Crippen molar-refractivity contribution in [3.63, 3.8) is 0 Å². The molecule has 8 nitrogen and oxygen atoms in total. The van der Waals surface area contributed by atoms with Crippen molar-refractivity contribution in [2.24, 2.45) is 0 Å². The molecule has 2 unspecified atom stereocenters. The first-order valence-electron chi connectivity index (χ1n) is 12.3. The molecule has 0 aliphatic carbocycles. The van der Waals surface area contributed by atoms with Crippen LogP contribution in [0.3, 0.4) is 0 Å². The quantitative estimate of drug-likeness (QED) is 0.394. The van der Waals surface area contributed by atoms with Gasteiger partial charge in [-0.25, -0.2) is 8.42 Å². The number of methoxy groups -OCH3 is 1. The lowest BCUT2D eigenvalue weighted by molar-refractivity contribution is -0.140. The summed E-state index contributed by atoms with van der Waals surface area (Å²) >= 11 is 6.21. The molecule has 0 saturated carbocycles. The summed E-state index contributed by atoms with van der Waals surface area (Å²) in [6.45, 7) is 7.67. The maximum atomic E-state index is 13.4. The standard InChI is InChI=1S/C27H38ClN3O5S/c1-7-19(2)29-27(33)21(4)30(18-22-11-8-12-23(17-22)36-5)26(32)15-10-16-31(37(6,34)35)25-14-9-13-24(28)20(25)3/h8-9,11-14,17,19,21H,7,10,15-16,18H2,1-6H3,(H,29,33). The number of halogens is 1. The van der Waals surface area contributed by atoms with Gasteiger partial charge in [-0.2, -0.15) is 0 Å². The van der Waals surface area contributed by atoms with Crippen molar-refractivity contribution in [1.82, 2.24) is 10.2 Å². The van der Waals surface area contributed by atoms with E-state index in [0.29, 0.717) is 22.0 Å². The van der Waals surface area contributed by atoms with Crippen molar-refractivity contribution >= 4 is 39.1 Å². The fraction of sp³-hybridized carbons (Fsp3) is 0.481. The monoisotopic (exact) mass is 551 g/mol. The van der Waals surface area contributed by atoms with Gasteiger partial charge in [-0.1, -0.05) is 36.7 Å². The second-order valence-electron chi connectivity index (χ2n) is 9.19. The summed E-state index contributed by atoms with van der Waals surface area (Å²) in [6.07, 6.45) is 2.24. The number of rotatable bonds is 13. The van der Waals surface area contributed by atoms with Crippen molar-refractivity contribution in [2.75, 3.05) is 24.2 Å². The maximum absolute atomic E-state index is 13.4. The molecule has 0 fully saturated rings. The van der Waals surface area contributed by atoms with Gasteiger partial charge in [0.2, 0.25) is 21.8 Å². The van der Waals surface area contributed by atoms with Crippen LogP contribution in [-0.4, -0.2) is 57.1 Å². The SMILES string of the molecule is CCC(C)NC(=O)C(C)N(Cc1cccc(OC)c1)C(=O)CCCN(c1cccc(Cl)c1C)S(C)(=O)=O. The number of sulfonamides is 1. The maximum Gasteiger partial charge on any atom is 0.242 e. The van der Waals surface area contributed by atoms with Gasteiger partial charge in [0.1, 0.15) is 11.8 Å². The molecule has 2 aromatic rings. The summed E-state index contributed by atoms with van der Waals surface area (Å²) in [7, 11) is -2.04. The molecule has 0 spiro atoms. The number of hydrogen-bond acceptors (Lipinski definition) is 5. The Bertz CT molecular complexity index is 1190. The van der Waals surface area contributed by atoms with Crippen LogP contribution in [0.4, 0.5) is 5.69 Å². The third-order valence-electron chi connectivity index (χ3n) is 6.32. The minimum absolute atomic E-state index is 0.0204. The van der Waals surface area contributed by atoms with E-state index in [2.05, 4.69) is 5.32 Å². The van der Waals surface area contributed by atoms with Crippen LogP contribution >= 0.6 is 11.6 Å². The third-order valence-corrected chi connectivity index (χ3v) is 7.90. The summed E-state index contributed by atoms with van der Waals surface area (Å²) in [5, 5.41) is 3.41. The Morgan fingerprint density at radius 1 is 1.14 bits per heavy atom.